The highest BCUT2D eigenvalue weighted by Gasteiger charge is 2.19. The average molecular weight is 411 g/mol. The molecule has 152 valence electrons. The second kappa shape index (κ2) is 9.47. The monoisotopic (exact) mass is 410 g/mol. The van der Waals surface area contributed by atoms with Gasteiger partial charge in [0.25, 0.3) is 5.91 Å². The number of carbonyl (C=O) groups is 1. The minimum absolute atomic E-state index is 0.00288. The number of hydrogen-bond donors (Lipinski definition) is 0. The van der Waals surface area contributed by atoms with Crippen molar-refractivity contribution in [1.82, 2.24) is 4.90 Å². The van der Waals surface area contributed by atoms with E-state index in [2.05, 4.69) is 6.07 Å². The fourth-order valence-electron chi connectivity index (χ4n) is 3.09. The maximum absolute atomic E-state index is 13.4. The van der Waals surface area contributed by atoms with E-state index in [0.717, 1.165) is 16.1 Å². The molecule has 0 bridgehead atoms. The van der Waals surface area contributed by atoms with Crippen LogP contribution in [0.4, 0.5) is 5.69 Å². The molecule has 3 aromatic rings. The molecule has 1 aromatic heterocycles. The Morgan fingerprint density at radius 2 is 1.72 bits per heavy atom. The Morgan fingerprint density at radius 1 is 0.931 bits per heavy atom. The van der Waals surface area contributed by atoms with Crippen molar-refractivity contribution in [3.63, 3.8) is 0 Å². The quantitative estimate of drug-likeness (QED) is 0.541. The van der Waals surface area contributed by atoms with E-state index in [9.17, 15) is 4.79 Å². The van der Waals surface area contributed by atoms with Gasteiger partial charge < -0.3 is 19.3 Å². The van der Waals surface area contributed by atoms with E-state index >= 15 is 0 Å². The summed E-state index contributed by atoms with van der Waals surface area (Å²) >= 11 is 1.65. The molecule has 2 aromatic carbocycles. The number of hydrogen-bond acceptors (Lipinski definition) is 5. The third-order valence-corrected chi connectivity index (χ3v) is 5.51. The Kier molecular flexibility index (Phi) is 6.77. The topological polar surface area (TPSA) is 42.0 Å². The third kappa shape index (κ3) is 5.09. The van der Waals surface area contributed by atoms with E-state index in [4.69, 9.17) is 9.47 Å². The largest absolute Gasteiger partial charge is 0.493 e. The van der Waals surface area contributed by atoms with Gasteiger partial charge in [-0.05, 0) is 47.3 Å². The summed E-state index contributed by atoms with van der Waals surface area (Å²) in [4.78, 5) is 18.4. The van der Waals surface area contributed by atoms with Gasteiger partial charge in [-0.3, -0.25) is 4.79 Å². The van der Waals surface area contributed by atoms with Crippen molar-refractivity contribution in [3.05, 3.63) is 76.0 Å². The van der Waals surface area contributed by atoms with Gasteiger partial charge in [-0.2, -0.15) is 0 Å². The molecule has 1 heterocycles. The minimum atomic E-state index is -0.00288. The van der Waals surface area contributed by atoms with Crippen LogP contribution in [0.5, 0.6) is 11.5 Å². The number of amides is 1. The molecular formula is C23H26N2O3S. The highest BCUT2D eigenvalue weighted by atomic mass is 32.1. The van der Waals surface area contributed by atoms with Crippen LogP contribution in [0.1, 0.15) is 20.8 Å². The Morgan fingerprint density at radius 3 is 2.38 bits per heavy atom. The lowest BCUT2D eigenvalue weighted by Gasteiger charge is -2.24. The van der Waals surface area contributed by atoms with Crippen molar-refractivity contribution in [3.8, 4) is 11.5 Å². The first-order valence-electron chi connectivity index (χ1n) is 9.31. The number of benzene rings is 2. The first-order chi connectivity index (χ1) is 14.0. The molecule has 0 spiro atoms. The van der Waals surface area contributed by atoms with E-state index < -0.39 is 0 Å². The smallest absolute Gasteiger partial charge is 0.254 e. The molecule has 0 N–H and O–H groups in total. The van der Waals surface area contributed by atoms with Gasteiger partial charge in [0.05, 0.1) is 20.8 Å². The molecule has 0 radical (unpaired) electrons. The average Bonchev–Trinajstić information content (AvgIpc) is 3.25. The number of carbonyl (C=O) groups excluding carboxylic acids is 1. The molecule has 0 unspecified atom stereocenters. The molecule has 5 nitrogen and oxygen atoms in total. The molecule has 0 fully saturated rings. The maximum Gasteiger partial charge on any atom is 0.254 e. The summed E-state index contributed by atoms with van der Waals surface area (Å²) in [5.74, 6) is 1.33. The van der Waals surface area contributed by atoms with E-state index in [1.807, 2.05) is 77.8 Å². The second-order valence-corrected chi connectivity index (χ2v) is 7.91. The first kappa shape index (κ1) is 20.7. The molecule has 29 heavy (non-hydrogen) atoms. The summed E-state index contributed by atoms with van der Waals surface area (Å²) < 4.78 is 10.7. The highest BCUT2D eigenvalue weighted by molar-refractivity contribution is 7.09. The van der Waals surface area contributed by atoms with Crippen LogP contribution in [0.3, 0.4) is 0 Å². The van der Waals surface area contributed by atoms with Crippen molar-refractivity contribution in [2.75, 3.05) is 33.2 Å². The summed E-state index contributed by atoms with van der Waals surface area (Å²) in [6, 6.07) is 17.5. The van der Waals surface area contributed by atoms with Crippen LogP contribution >= 0.6 is 11.3 Å². The SMILES string of the molecule is COc1ccc(CN(Cc2cccs2)C(=O)c2cccc(N(C)C)c2)cc1OC. The van der Waals surface area contributed by atoms with E-state index in [1.165, 1.54) is 0 Å². The van der Waals surface area contributed by atoms with Crippen LogP contribution in [0, 0.1) is 0 Å². The van der Waals surface area contributed by atoms with Crippen LogP contribution in [-0.4, -0.2) is 39.1 Å². The van der Waals surface area contributed by atoms with Crippen LogP contribution < -0.4 is 14.4 Å². The molecular weight excluding hydrogens is 384 g/mol. The van der Waals surface area contributed by atoms with Crippen molar-refractivity contribution in [2.24, 2.45) is 0 Å². The number of nitrogens with zero attached hydrogens (tertiary/aromatic N) is 2. The third-order valence-electron chi connectivity index (χ3n) is 4.64. The lowest BCUT2D eigenvalue weighted by molar-refractivity contribution is 0.0731. The predicted molar refractivity (Wildman–Crippen MR) is 118 cm³/mol. The Balaban J connectivity index is 1.90. The maximum atomic E-state index is 13.4. The zero-order valence-electron chi connectivity index (χ0n) is 17.2. The van der Waals surface area contributed by atoms with Gasteiger partial charge in [-0.25, -0.2) is 0 Å². The lowest BCUT2D eigenvalue weighted by Crippen LogP contribution is -2.30. The molecule has 0 saturated heterocycles. The highest BCUT2D eigenvalue weighted by Crippen LogP contribution is 2.29. The molecule has 3 rings (SSSR count). The van der Waals surface area contributed by atoms with E-state index in [-0.39, 0.29) is 5.91 Å². The fourth-order valence-corrected chi connectivity index (χ4v) is 3.81. The first-order valence-corrected chi connectivity index (χ1v) is 10.2. The van der Waals surface area contributed by atoms with E-state index in [0.29, 0.717) is 30.2 Å². The van der Waals surface area contributed by atoms with Crippen molar-refractivity contribution < 1.29 is 14.3 Å². The van der Waals surface area contributed by atoms with Gasteiger partial charge in [0.2, 0.25) is 0 Å². The Labute approximate surface area is 176 Å². The summed E-state index contributed by atoms with van der Waals surface area (Å²) in [7, 11) is 7.16. The number of methoxy groups -OCH3 is 2. The summed E-state index contributed by atoms with van der Waals surface area (Å²) in [5, 5.41) is 2.03. The van der Waals surface area contributed by atoms with Crippen molar-refractivity contribution in [2.45, 2.75) is 13.1 Å². The standard InChI is InChI=1S/C23H26N2O3S/c1-24(2)19-8-5-7-18(14-19)23(26)25(16-20-9-6-12-29-20)15-17-10-11-21(27-3)22(13-17)28-4/h5-14H,15-16H2,1-4H3. The number of anilines is 1. The molecule has 6 heteroatoms. The van der Waals surface area contributed by atoms with Gasteiger partial charge in [0.15, 0.2) is 11.5 Å². The zero-order chi connectivity index (χ0) is 20.8. The second-order valence-electron chi connectivity index (χ2n) is 6.87. The zero-order valence-corrected chi connectivity index (χ0v) is 18.0. The van der Waals surface area contributed by atoms with Crippen LogP contribution in [0.25, 0.3) is 0 Å². The van der Waals surface area contributed by atoms with Gasteiger partial charge >= 0.3 is 0 Å². The lowest BCUT2D eigenvalue weighted by atomic mass is 10.1. The predicted octanol–water partition coefficient (Wildman–Crippen LogP) is 4.67. The van der Waals surface area contributed by atoms with Gasteiger partial charge in [0, 0.05) is 36.8 Å². The van der Waals surface area contributed by atoms with Gasteiger partial charge in [-0.15, -0.1) is 11.3 Å². The molecule has 0 saturated carbocycles. The molecule has 0 aliphatic rings. The molecule has 0 atom stereocenters. The number of thiophene rings is 1. The molecule has 1 amide bonds. The fraction of sp³-hybridized carbons (Fsp3) is 0.261. The summed E-state index contributed by atoms with van der Waals surface area (Å²) in [6.07, 6.45) is 0. The summed E-state index contributed by atoms with van der Waals surface area (Å²) in [5.41, 5.74) is 2.66. The minimum Gasteiger partial charge on any atom is -0.493 e. The van der Waals surface area contributed by atoms with Crippen LogP contribution in [-0.2, 0) is 13.1 Å². The Hall–Kier alpha value is -2.99. The van der Waals surface area contributed by atoms with Crippen molar-refractivity contribution in [1.29, 1.82) is 0 Å². The normalized spacial score (nSPS) is 10.5. The van der Waals surface area contributed by atoms with Crippen LogP contribution in [0.15, 0.2) is 60.0 Å². The van der Waals surface area contributed by atoms with Gasteiger partial charge in [-0.1, -0.05) is 18.2 Å². The number of rotatable bonds is 8. The Bertz CT molecular complexity index is 955. The molecule has 0 aliphatic heterocycles. The van der Waals surface area contributed by atoms with Gasteiger partial charge in [0.1, 0.15) is 0 Å². The molecule has 0 aliphatic carbocycles. The summed E-state index contributed by atoms with van der Waals surface area (Å²) in [6.45, 7) is 1.03. The van der Waals surface area contributed by atoms with Crippen LogP contribution in [0.2, 0.25) is 0 Å². The van der Waals surface area contributed by atoms with E-state index in [1.54, 1.807) is 25.6 Å². The van der Waals surface area contributed by atoms with Crippen molar-refractivity contribution >= 4 is 22.9 Å². The number of ether oxygens (including phenoxy) is 2.